The van der Waals surface area contributed by atoms with Crippen molar-refractivity contribution in [1.82, 2.24) is 15.3 Å². The van der Waals surface area contributed by atoms with E-state index >= 15 is 0 Å². The van der Waals surface area contributed by atoms with Gasteiger partial charge in [0.25, 0.3) is 5.91 Å². The average Bonchev–Trinajstić information content (AvgIpc) is 3.44. The molecule has 32 heavy (non-hydrogen) atoms. The minimum absolute atomic E-state index is 0.224. The number of nitrogens with one attached hydrogen (secondary N) is 2. The van der Waals surface area contributed by atoms with E-state index in [2.05, 4.69) is 45.9 Å². The minimum Gasteiger partial charge on any atom is -0.459 e. The Morgan fingerprint density at radius 1 is 1.34 bits per heavy atom. The molecular weight excluding hydrogens is 559 g/mol. The minimum atomic E-state index is -0.224. The fraction of sp³-hybridized carbons (Fsp3) is 0.261. The van der Waals surface area contributed by atoms with Crippen LogP contribution in [0.3, 0.4) is 0 Å². The van der Waals surface area contributed by atoms with Gasteiger partial charge >= 0.3 is 0 Å². The maximum absolute atomic E-state index is 12.0. The lowest BCUT2D eigenvalue weighted by Gasteiger charge is -2.08. The van der Waals surface area contributed by atoms with Crippen LogP contribution in [0.5, 0.6) is 0 Å². The lowest BCUT2D eigenvalue weighted by Crippen LogP contribution is -2.25. The molecule has 3 heterocycles. The van der Waals surface area contributed by atoms with Crippen LogP contribution in [0, 0.1) is 5.92 Å². The topological polar surface area (TPSA) is 83.3 Å². The maximum atomic E-state index is 12.0. The van der Waals surface area contributed by atoms with Gasteiger partial charge in [0.15, 0.2) is 10.9 Å². The predicted octanol–water partition coefficient (Wildman–Crippen LogP) is 6.10. The van der Waals surface area contributed by atoms with Gasteiger partial charge in [-0.2, -0.15) is 0 Å². The molecule has 2 N–H and O–H groups in total. The van der Waals surface area contributed by atoms with Gasteiger partial charge < -0.3 is 14.7 Å². The van der Waals surface area contributed by atoms with E-state index in [9.17, 15) is 4.79 Å². The number of aromatic amines is 1. The second-order valence-corrected chi connectivity index (χ2v) is 10.3. The lowest BCUT2D eigenvalue weighted by atomic mass is 10.0. The molecule has 2 unspecified atom stereocenters. The van der Waals surface area contributed by atoms with Gasteiger partial charge in [0.05, 0.1) is 23.3 Å². The van der Waals surface area contributed by atoms with E-state index in [-0.39, 0.29) is 5.91 Å². The van der Waals surface area contributed by atoms with Gasteiger partial charge in [-0.15, -0.1) is 0 Å². The van der Waals surface area contributed by atoms with Crippen molar-refractivity contribution in [2.45, 2.75) is 22.4 Å². The molecule has 0 spiro atoms. The van der Waals surface area contributed by atoms with E-state index in [1.165, 1.54) is 6.26 Å². The molecule has 0 saturated carbocycles. The van der Waals surface area contributed by atoms with Gasteiger partial charge in [0.1, 0.15) is 0 Å². The number of alkyl halides is 1. The monoisotopic (exact) mass is 580 g/mol. The van der Waals surface area contributed by atoms with Crippen molar-refractivity contribution < 1.29 is 9.21 Å². The summed E-state index contributed by atoms with van der Waals surface area (Å²) in [6.07, 6.45) is 6.61. The van der Waals surface area contributed by atoms with Crippen molar-refractivity contribution in [2.75, 3.05) is 12.3 Å². The van der Waals surface area contributed by atoms with Gasteiger partial charge in [-0.1, -0.05) is 71.1 Å². The number of rotatable bonds is 7. The number of amides is 1. The zero-order valence-corrected chi connectivity index (χ0v) is 21.1. The summed E-state index contributed by atoms with van der Waals surface area (Å²) in [5.41, 5.74) is 3.60. The zero-order valence-electron chi connectivity index (χ0n) is 17.3. The average molecular weight is 581 g/mol. The fourth-order valence-electron chi connectivity index (χ4n) is 3.17. The SMILES string of the molecule is CC1CC=C(c2[nH]c(SCCNC(=O)c3ccco3)nc2-c2ccc(Cl)cc2)N=CC1I. The largest absolute Gasteiger partial charge is 0.459 e. The van der Waals surface area contributed by atoms with Crippen molar-refractivity contribution >= 4 is 63.8 Å². The van der Waals surface area contributed by atoms with Gasteiger partial charge in [0.2, 0.25) is 0 Å². The summed E-state index contributed by atoms with van der Waals surface area (Å²) < 4.78 is 5.50. The Morgan fingerprint density at radius 3 is 2.91 bits per heavy atom. The highest BCUT2D eigenvalue weighted by Gasteiger charge is 2.20. The molecule has 9 heteroatoms. The number of hydrogen-bond donors (Lipinski definition) is 2. The van der Waals surface area contributed by atoms with Crippen LogP contribution in [0.15, 0.2) is 63.3 Å². The summed E-state index contributed by atoms with van der Waals surface area (Å²) in [5.74, 6) is 1.26. The van der Waals surface area contributed by atoms with Crippen molar-refractivity contribution in [3.05, 3.63) is 65.2 Å². The van der Waals surface area contributed by atoms with Crippen molar-refractivity contribution in [3.8, 4) is 11.3 Å². The predicted molar refractivity (Wildman–Crippen MR) is 139 cm³/mol. The van der Waals surface area contributed by atoms with Gasteiger partial charge in [-0.05, 0) is 36.6 Å². The summed E-state index contributed by atoms with van der Waals surface area (Å²) in [5, 5.41) is 4.31. The molecule has 1 aromatic carbocycles. The number of halogens is 2. The van der Waals surface area contributed by atoms with E-state index < -0.39 is 0 Å². The molecular formula is C23H22ClIN4O2S. The summed E-state index contributed by atoms with van der Waals surface area (Å²) >= 11 is 10.1. The number of H-pyrrole nitrogens is 1. The number of thioether (sulfide) groups is 1. The van der Waals surface area contributed by atoms with Crippen LogP contribution >= 0.6 is 46.0 Å². The molecule has 1 aliphatic rings. The Bertz CT molecular complexity index is 1130. The van der Waals surface area contributed by atoms with Gasteiger partial charge in [0, 0.05) is 33.0 Å². The maximum Gasteiger partial charge on any atom is 0.287 e. The van der Waals surface area contributed by atoms with E-state index in [4.69, 9.17) is 26.0 Å². The standard InChI is InChI=1S/C23H22ClIN4O2S/c1-14-4-9-18(27-13-17(14)25)21-20(15-5-7-16(24)8-6-15)28-23(29-21)32-12-10-26-22(30)19-3-2-11-31-19/h2-3,5-9,11,13-14,17H,4,10,12H2,1H3,(H,26,30)(H,28,29). The molecule has 1 amide bonds. The van der Waals surface area contributed by atoms with Crippen LogP contribution in [-0.4, -0.2) is 38.3 Å². The third kappa shape index (κ3) is 5.65. The molecule has 0 aliphatic carbocycles. The molecule has 0 fully saturated rings. The Kier molecular flexibility index (Phi) is 7.75. The summed E-state index contributed by atoms with van der Waals surface area (Å²) in [4.78, 5) is 25.0. The van der Waals surface area contributed by atoms with Crippen LogP contribution in [-0.2, 0) is 0 Å². The lowest BCUT2D eigenvalue weighted by molar-refractivity contribution is 0.0928. The number of carbonyl (C=O) groups excluding carboxylic acids is 1. The molecule has 0 bridgehead atoms. The number of carbonyl (C=O) groups is 1. The number of allylic oxidation sites excluding steroid dienone is 1. The van der Waals surface area contributed by atoms with Crippen LogP contribution in [0.2, 0.25) is 5.02 Å². The molecule has 2 atom stereocenters. The molecule has 3 aromatic rings. The van der Waals surface area contributed by atoms with Crippen LogP contribution < -0.4 is 5.32 Å². The summed E-state index contributed by atoms with van der Waals surface area (Å²) in [6.45, 7) is 2.72. The quantitative estimate of drug-likeness (QED) is 0.153. The smallest absolute Gasteiger partial charge is 0.287 e. The first kappa shape index (κ1) is 23.1. The number of hydrogen-bond acceptors (Lipinski definition) is 5. The molecule has 2 aromatic heterocycles. The van der Waals surface area contributed by atoms with Gasteiger partial charge in [-0.3, -0.25) is 9.79 Å². The number of furan rings is 1. The number of imidazole rings is 1. The zero-order chi connectivity index (χ0) is 22.5. The molecule has 0 radical (unpaired) electrons. The van der Waals surface area contributed by atoms with Crippen LogP contribution in [0.1, 0.15) is 29.6 Å². The first-order valence-corrected chi connectivity index (χ1v) is 12.8. The van der Waals surface area contributed by atoms with Gasteiger partial charge in [-0.25, -0.2) is 4.98 Å². The van der Waals surface area contributed by atoms with Crippen LogP contribution in [0.25, 0.3) is 17.0 Å². The highest BCUT2D eigenvalue weighted by Crippen LogP contribution is 2.33. The van der Waals surface area contributed by atoms with E-state index in [1.54, 1.807) is 23.9 Å². The number of aliphatic imine (C=N–C) groups is 1. The summed E-state index contributed by atoms with van der Waals surface area (Å²) in [7, 11) is 0. The molecule has 1 aliphatic heterocycles. The highest BCUT2D eigenvalue weighted by molar-refractivity contribution is 14.1. The Labute approximate surface area is 209 Å². The number of aromatic nitrogens is 2. The first-order chi connectivity index (χ1) is 15.5. The molecule has 0 saturated heterocycles. The van der Waals surface area contributed by atoms with E-state index in [0.717, 1.165) is 34.2 Å². The number of benzene rings is 1. The van der Waals surface area contributed by atoms with E-state index in [0.29, 0.717) is 32.9 Å². The van der Waals surface area contributed by atoms with Crippen molar-refractivity contribution in [2.24, 2.45) is 10.9 Å². The summed E-state index contributed by atoms with van der Waals surface area (Å²) in [6, 6.07) is 11.0. The first-order valence-electron chi connectivity index (χ1n) is 10.2. The third-order valence-corrected chi connectivity index (χ3v) is 7.69. The molecule has 166 valence electrons. The second-order valence-electron chi connectivity index (χ2n) is 7.38. The number of nitrogens with zero attached hydrogens (tertiary/aromatic N) is 2. The Morgan fingerprint density at radius 2 is 2.16 bits per heavy atom. The Balaban J connectivity index is 1.52. The highest BCUT2D eigenvalue weighted by atomic mass is 127. The Hall–Kier alpha value is -2.04. The van der Waals surface area contributed by atoms with Crippen LogP contribution in [0.4, 0.5) is 0 Å². The third-order valence-electron chi connectivity index (χ3n) is 5.01. The normalized spacial score (nSPS) is 18.3. The molecule has 4 rings (SSSR count). The second kappa shape index (κ2) is 10.7. The van der Waals surface area contributed by atoms with E-state index in [1.807, 2.05) is 30.5 Å². The van der Waals surface area contributed by atoms with Crippen molar-refractivity contribution in [1.29, 1.82) is 0 Å². The molecule has 6 nitrogen and oxygen atoms in total. The van der Waals surface area contributed by atoms with Crippen molar-refractivity contribution in [3.63, 3.8) is 0 Å². The fourth-order valence-corrected chi connectivity index (χ4v) is 4.48.